The quantitative estimate of drug-likeness (QED) is 0.314. The van der Waals surface area contributed by atoms with Crippen LogP contribution in [0.5, 0.6) is 0 Å². The monoisotopic (exact) mass is 512 g/mol. The maximum atomic E-state index is 13.6. The van der Waals surface area contributed by atoms with E-state index in [9.17, 15) is 14.0 Å². The van der Waals surface area contributed by atoms with Gasteiger partial charge in [-0.1, -0.05) is 61.0 Å². The number of nitrogens with one attached hydrogen (secondary N) is 1. The molecule has 2 atom stereocenters. The average molecular weight is 513 g/mol. The number of hydrogen-bond acceptors (Lipinski definition) is 3. The van der Waals surface area contributed by atoms with Gasteiger partial charge in [-0.25, -0.2) is 4.39 Å². The van der Waals surface area contributed by atoms with Crippen molar-refractivity contribution in [3.05, 3.63) is 101 Å². The summed E-state index contributed by atoms with van der Waals surface area (Å²) >= 11 is 7.37. The molecule has 3 aromatic rings. The first-order valence-electron chi connectivity index (χ1n) is 11.6. The smallest absolute Gasteiger partial charge is 0.243 e. The molecule has 0 bridgehead atoms. The van der Waals surface area contributed by atoms with Crippen molar-refractivity contribution in [1.29, 1.82) is 0 Å². The summed E-state index contributed by atoms with van der Waals surface area (Å²) in [5.41, 5.74) is 1.71. The van der Waals surface area contributed by atoms with Gasteiger partial charge in [-0.3, -0.25) is 9.59 Å². The molecule has 3 rings (SSSR count). The highest BCUT2D eigenvalue weighted by atomic mass is 35.5. The molecule has 4 nitrogen and oxygen atoms in total. The van der Waals surface area contributed by atoms with E-state index >= 15 is 0 Å². The van der Waals surface area contributed by atoms with Crippen molar-refractivity contribution < 1.29 is 14.0 Å². The largest absolute Gasteiger partial charge is 0.352 e. The van der Waals surface area contributed by atoms with Crippen LogP contribution in [0.2, 0.25) is 5.02 Å². The van der Waals surface area contributed by atoms with E-state index in [1.807, 2.05) is 56.3 Å². The second-order valence-electron chi connectivity index (χ2n) is 8.41. The molecular formula is C28H30ClFN2O2S. The van der Waals surface area contributed by atoms with Crippen molar-refractivity contribution in [3.8, 4) is 0 Å². The van der Waals surface area contributed by atoms with Crippen molar-refractivity contribution in [2.24, 2.45) is 0 Å². The van der Waals surface area contributed by atoms with Crippen LogP contribution < -0.4 is 5.32 Å². The van der Waals surface area contributed by atoms with Crippen molar-refractivity contribution >= 4 is 35.2 Å². The normalized spacial score (nSPS) is 12.6. The van der Waals surface area contributed by atoms with Crippen molar-refractivity contribution in [1.82, 2.24) is 10.2 Å². The summed E-state index contributed by atoms with van der Waals surface area (Å²) in [5.74, 6) is -0.560. The van der Waals surface area contributed by atoms with Gasteiger partial charge in [-0.15, -0.1) is 11.8 Å². The van der Waals surface area contributed by atoms with Crippen LogP contribution >= 0.6 is 23.4 Å². The number of amides is 2. The fourth-order valence-electron chi connectivity index (χ4n) is 3.54. The lowest BCUT2D eigenvalue weighted by Gasteiger charge is -2.32. The van der Waals surface area contributed by atoms with Crippen molar-refractivity contribution in [2.75, 3.05) is 5.75 Å². The second kappa shape index (κ2) is 13.3. The molecule has 35 heavy (non-hydrogen) atoms. The lowest BCUT2D eigenvalue weighted by atomic mass is 10.0. The van der Waals surface area contributed by atoms with Crippen LogP contribution in [0.1, 0.15) is 31.4 Å². The summed E-state index contributed by atoms with van der Waals surface area (Å²) in [6.45, 7) is 4.15. The van der Waals surface area contributed by atoms with Crippen molar-refractivity contribution in [2.45, 2.75) is 50.2 Å². The molecule has 1 N–H and O–H groups in total. The summed E-state index contributed by atoms with van der Waals surface area (Å²) in [6.07, 6.45) is 1.16. The summed E-state index contributed by atoms with van der Waals surface area (Å²) in [5, 5.41) is 3.67. The fourth-order valence-corrected chi connectivity index (χ4v) is 4.45. The van der Waals surface area contributed by atoms with Gasteiger partial charge in [-0.2, -0.15) is 0 Å². The molecule has 0 saturated heterocycles. The van der Waals surface area contributed by atoms with Gasteiger partial charge in [0.2, 0.25) is 11.8 Å². The highest BCUT2D eigenvalue weighted by Crippen LogP contribution is 2.23. The molecule has 7 heteroatoms. The molecule has 0 unspecified atom stereocenters. The van der Waals surface area contributed by atoms with E-state index in [2.05, 4.69) is 5.32 Å². The number of rotatable bonds is 11. The van der Waals surface area contributed by atoms with Gasteiger partial charge in [0.05, 0.1) is 5.75 Å². The Morgan fingerprint density at radius 3 is 2.26 bits per heavy atom. The molecule has 0 heterocycles. The first-order chi connectivity index (χ1) is 16.9. The van der Waals surface area contributed by atoms with Gasteiger partial charge >= 0.3 is 0 Å². The Hall–Kier alpha value is -2.83. The highest BCUT2D eigenvalue weighted by Gasteiger charge is 2.31. The zero-order chi connectivity index (χ0) is 25.2. The van der Waals surface area contributed by atoms with Gasteiger partial charge in [0.1, 0.15) is 11.9 Å². The standard InChI is InChI=1S/C28H30ClFN2O2S/c1-3-20(2)31-28(34)26(17-21-7-5-4-6-8-21)32(18-22-9-13-24(30)14-10-22)27(33)19-35-25-15-11-23(29)12-16-25/h4-16,20,26H,3,17-19H2,1-2H3,(H,31,34)/t20-,26+/m1/s1. The summed E-state index contributed by atoms with van der Waals surface area (Å²) in [6, 6.07) is 22.2. The second-order valence-corrected chi connectivity index (χ2v) is 9.90. The third-order valence-corrected chi connectivity index (χ3v) is 6.96. The van der Waals surface area contributed by atoms with Gasteiger partial charge in [0.25, 0.3) is 0 Å². The number of nitrogens with zero attached hydrogens (tertiary/aromatic N) is 1. The third kappa shape index (κ3) is 8.41. The average Bonchev–Trinajstić information content (AvgIpc) is 2.87. The van der Waals surface area contributed by atoms with Crippen LogP contribution in [0.25, 0.3) is 0 Å². The first kappa shape index (κ1) is 26.8. The lowest BCUT2D eigenvalue weighted by Crippen LogP contribution is -2.52. The van der Waals surface area contributed by atoms with Crippen LogP contribution in [-0.4, -0.2) is 34.6 Å². The number of halogens is 2. The SMILES string of the molecule is CC[C@@H](C)NC(=O)[C@H](Cc1ccccc1)N(Cc1ccc(F)cc1)C(=O)CSc1ccc(Cl)cc1. The maximum Gasteiger partial charge on any atom is 0.243 e. The molecule has 0 radical (unpaired) electrons. The van der Waals surface area contributed by atoms with Gasteiger partial charge in [-0.05, 0) is 60.9 Å². The van der Waals surface area contributed by atoms with E-state index < -0.39 is 6.04 Å². The molecule has 0 saturated carbocycles. The van der Waals surface area contributed by atoms with E-state index in [4.69, 9.17) is 11.6 Å². The molecule has 3 aromatic carbocycles. The molecule has 0 aliphatic carbocycles. The van der Waals surface area contributed by atoms with Crippen molar-refractivity contribution in [3.63, 3.8) is 0 Å². The van der Waals surface area contributed by atoms with Gasteiger partial charge < -0.3 is 10.2 Å². The number of thioether (sulfide) groups is 1. The fraction of sp³-hybridized carbons (Fsp3) is 0.286. The van der Waals surface area contributed by atoms with Crippen LogP contribution in [0.4, 0.5) is 4.39 Å². The van der Waals surface area contributed by atoms with Crippen LogP contribution in [0, 0.1) is 5.82 Å². The Labute approximate surface area is 215 Å². The summed E-state index contributed by atoms with van der Waals surface area (Å²) < 4.78 is 13.5. The zero-order valence-corrected chi connectivity index (χ0v) is 21.5. The van der Waals surface area contributed by atoms with Crippen LogP contribution in [0.15, 0.2) is 83.8 Å². The summed E-state index contributed by atoms with van der Waals surface area (Å²) in [7, 11) is 0. The predicted octanol–water partition coefficient (Wildman–Crippen LogP) is 6.13. The Bertz CT molecular complexity index is 1090. The minimum atomic E-state index is -0.713. The highest BCUT2D eigenvalue weighted by molar-refractivity contribution is 8.00. The van der Waals surface area contributed by atoms with E-state index in [0.29, 0.717) is 11.4 Å². The molecule has 0 aliphatic rings. The molecule has 0 spiro atoms. The van der Waals surface area contributed by atoms with Gasteiger partial charge in [0, 0.05) is 28.9 Å². The van der Waals surface area contributed by atoms with E-state index in [1.54, 1.807) is 29.2 Å². The number of benzene rings is 3. The predicted molar refractivity (Wildman–Crippen MR) is 141 cm³/mol. The topological polar surface area (TPSA) is 49.4 Å². The molecule has 0 fully saturated rings. The molecule has 0 aromatic heterocycles. The molecular weight excluding hydrogens is 483 g/mol. The van der Waals surface area contributed by atoms with Gasteiger partial charge in [0.15, 0.2) is 0 Å². The Kier molecular flexibility index (Phi) is 10.2. The molecule has 184 valence electrons. The lowest BCUT2D eigenvalue weighted by molar-refractivity contribution is -0.139. The van der Waals surface area contributed by atoms with Crippen LogP contribution in [-0.2, 0) is 22.6 Å². The zero-order valence-electron chi connectivity index (χ0n) is 19.9. The summed E-state index contributed by atoms with van der Waals surface area (Å²) in [4.78, 5) is 29.5. The Morgan fingerprint density at radius 1 is 0.971 bits per heavy atom. The minimum Gasteiger partial charge on any atom is -0.352 e. The molecule has 0 aliphatic heterocycles. The van der Waals surface area contributed by atoms with E-state index in [0.717, 1.165) is 22.4 Å². The minimum absolute atomic E-state index is 0.0213. The van der Waals surface area contributed by atoms with E-state index in [1.165, 1.54) is 23.9 Å². The maximum absolute atomic E-state index is 13.6. The third-order valence-electron chi connectivity index (χ3n) is 5.71. The molecule has 2 amide bonds. The van der Waals surface area contributed by atoms with E-state index in [-0.39, 0.29) is 36.0 Å². The van der Waals surface area contributed by atoms with Crippen LogP contribution in [0.3, 0.4) is 0 Å². The number of carbonyl (C=O) groups is 2. The number of hydrogen-bond donors (Lipinski definition) is 1. The first-order valence-corrected chi connectivity index (χ1v) is 13.0. The number of carbonyl (C=O) groups excluding carboxylic acids is 2. The Morgan fingerprint density at radius 2 is 1.63 bits per heavy atom. The Balaban J connectivity index is 1.89.